The zero-order valence-corrected chi connectivity index (χ0v) is 13.2. The Hall–Kier alpha value is -2.47. The lowest BCUT2D eigenvalue weighted by molar-refractivity contribution is -0.138. The quantitative estimate of drug-likeness (QED) is 0.762. The minimum atomic E-state index is -1.09. The summed E-state index contributed by atoms with van der Waals surface area (Å²) in [5.41, 5.74) is 0.841. The van der Waals surface area contributed by atoms with Crippen molar-refractivity contribution in [2.24, 2.45) is 0 Å². The fourth-order valence-corrected chi connectivity index (χ4v) is 2.71. The molecule has 6 heteroatoms. The van der Waals surface area contributed by atoms with Gasteiger partial charge >= 0.3 is 12.1 Å². The number of carbonyl (C=O) groups is 2. The average molecular weight is 331 g/mol. The van der Waals surface area contributed by atoms with Crippen LogP contribution in [0.1, 0.15) is 5.56 Å². The maximum Gasteiger partial charge on any atom is 0.408 e. The van der Waals surface area contributed by atoms with Crippen molar-refractivity contribution in [2.75, 3.05) is 5.75 Å². The van der Waals surface area contributed by atoms with Crippen LogP contribution in [-0.4, -0.2) is 29.0 Å². The number of aliphatic carboxylic acids is 1. The van der Waals surface area contributed by atoms with Crippen LogP contribution in [0.25, 0.3) is 0 Å². The summed E-state index contributed by atoms with van der Waals surface area (Å²) in [7, 11) is 0. The van der Waals surface area contributed by atoms with E-state index in [4.69, 9.17) is 4.74 Å². The summed E-state index contributed by atoms with van der Waals surface area (Å²) in [6.45, 7) is 0.102. The third-order valence-corrected chi connectivity index (χ3v) is 4.07. The van der Waals surface area contributed by atoms with Crippen LogP contribution in [0.4, 0.5) is 4.79 Å². The molecular weight excluding hydrogens is 314 g/mol. The Kier molecular flexibility index (Phi) is 6.50. The second-order valence-corrected chi connectivity index (χ2v) is 5.81. The summed E-state index contributed by atoms with van der Waals surface area (Å²) in [5, 5.41) is 11.6. The van der Waals surface area contributed by atoms with E-state index in [1.807, 2.05) is 60.7 Å². The van der Waals surface area contributed by atoms with E-state index in [0.29, 0.717) is 0 Å². The molecule has 5 nitrogen and oxygen atoms in total. The van der Waals surface area contributed by atoms with Crippen LogP contribution in [0.2, 0.25) is 0 Å². The van der Waals surface area contributed by atoms with Gasteiger partial charge in [-0.05, 0) is 17.7 Å². The zero-order chi connectivity index (χ0) is 16.5. The number of thioether (sulfide) groups is 1. The second-order valence-electron chi connectivity index (χ2n) is 4.72. The lowest BCUT2D eigenvalue weighted by Gasteiger charge is -2.14. The molecule has 0 saturated carbocycles. The van der Waals surface area contributed by atoms with Crippen molar-refractivity contribution in [3.05, 3.63) is 66.2 Å². The Labute approximate surface area is 138 Å². The molecule has 0 aromatic heterocycles. The minimum absolute atomic E-state index is 0.102. The molecule has 0 aliphatic rings. The molecule has 0 aliphatic heterocycles. The van der Waals surface area contributed by atoms with E-state index in [1.165, 1.54) is 11.8 Å². The van der Waals surface area contributed by atoms with Gasteiger partial charge in [0.05, 0.1) is 0 Å². The lowest BCUT2D eigenvalue weighted by atomic mass is 10.2. The van der Waals surface area contributed by atoms with E-state index in [-0.39, 0.29) is 12.4 Å². The highest BCUT2D eigenvalue weighted by Crippen LogP contribution is 2.18. The number of alkyl carbamates (subject to hydrolysis) is 1. The molecule has 0 radical (unpaired) electrons. The minimum Gasteiger partial charge on any atom is -0.480 e. The van der Waals surface area contributed by atoms with E-state index in [2.05, 4.69) is 5.32 Å². The van der Waals surface area contributed by atoms with Crippen LogP contribution in [0.3, 0.4) is 0 Å². The molecule has 120 valence electrons. The molecule has 0 saturated heterocycles. The topological polar surface area (TPSA) is 75.6 Å². The highest BCUT2D eigenvalue weighted by atomic mass is 32.2. The number of ether oxygens (including phenoxy) is 1. The molecule has 23 heavy (non-hydrogen) atoms. The Balaban J connectivity index is 1.81. The summed E-state index contributed by atoms with van der Waals surface area (Å²) in [6, 6.07) is 17.6. The molecule has 0 fully saturated rings. The average Bonchev–Trinajstić information content (AvgIpc) is 2.58. The number of rotatable bonds is 7. The largest absolute Gasteiger partial charge is 0.480 e. The molecule has 1 amide bonds. The molecule has 2 aromatic carbocycles. The first-order valence-electron chi connectivity index (χ1n) is 7.03. The number of carboxylic acids is 1. The zero-order valence-electron chi connectivity index (χ0n) is 12.3. The van der Waals surface area contributed by atoms with Crippen LogP contribution in [0.5, 0.6) is 0 Å². The maximum absolute atomic E-state index is 11.7. The highest BCUT2D eigenvalue weighted by molar-refractivity contribution is 7.99. The van der Waals surface area contributed by atoms with Gasteiger partial charge in [0.1, 0.15) is 12.6 Å². The van der Waals surface area contributed by atoms with Gasteiger partial charge in [-0.2, -0.15) is 0 Å². The Morgan fingerprint density at radius 3 is 2.26 bits per heavy atom. The van der Waals surface area contributed by atoms with E-state index >= 15 is 0 Å². The number of carboxylic acid groups (broad SMARTS) is 1. The molecule has 0 spiro atoms. The van der Waals surface area contributed by atoms with Gasteiger partial charge in [0.15, 0.2) is 0 Å². The lowest BCUT2D eigenvalue weighted by Crippen LogP contribution is -2.42. The van der Waals surface area contributed by atoms with Gasteiger partial charge in [-0.3, -0.25) is 0 Å². The number of hydrogen-bond acceptors (Lipinski definition) is 4. The van der Waals surface area contributed by atoms with Crippen LogP contribution in [-0.2, 0) is 16.1 Å². The van der Waals surface area contributed by atoms with E-state index < -0.39 is 18.1 Å². The van der Waals surface area contributed by atoms with Gasteiger partial charge in [-0.15, -0.1) is 11.8 Å². The molecule has 0 unspecified atom stereocenters. The molecule has 0 bridgehead atoms. The van der Waals surface area contributed by atoms with Crippen LogP contribution in [0, 0.1) is 0 Å². The molecule has 2 rings (SSSR count). The molecular formula is C17H17NO4S. The van der Waals surface area contributed by atoms with Crippen molar-refractivity contribution >= 4 is 23.8 Å². The standard InChI is InChI=1S/C17H17NO4S/c19-16(20)15(12-23-14-9-5-2-6-10-14)18-17(21)22-11-13-7-3-1-4-8-13/h1-10,15H,11-12H2,(H,18,21)(H,19,20)/t15-/m1/s1. The number of hydrogen-bond donors (Lipinski definition) is 2. The number of benzene rings is 2. The SMILES string of the molecule is O=C(N[C@H](CSc1ccccc1)C(=O)O)OCc1ccccc1. The summed E-state index contributed by atoms with van der Waals surface area (Å²) in [6.07, 6.45) is -0.741. The van der Waals surface area contributed by atoms with Crippen LogP contribution >= 0.6 is 11.8 Å². The van der Waals surface area contributed by atoms with Crippen molar-refractivity contribution in [2.45, 2.75) is 17.5 Å². The Bertz CT molecular complexity index is 634. The van der Waals surface area contributed by atoms with Crippen molar-refractivity contribution in [1.29, 1.82) is 0 Å². The van der Waals surface area contributed by atoms with Gasteiger partial charge in [0, 0.05) is 10.6 Å². The van der Waals surface area contributed by atoms with Gasteiger partial charge in [0.2, 0.25) is 0 Å². The van der Waals surface area contributed by atoms with Crippen LogP contribution < -0.4 is 5.32 Å². The van der Waals surface area contributed by atoms with Gasteiger partial charge in [0.25, 0.3) is 0 Å². The fraction of sp³-hybridized carbons (Fsp3) is 0.176. The van der Waals surface area contributed by atoms with Gasteiger partial charge < -0.3 is 15.2 Å². The first-order valence-corrected chi connectivity index (χ1v) is 8.01. The number of carbonyl (C=O) groups excluding carboxylic acids is 1. The van der Waals surface area contributed by atoms with E-state index in [9.17, 15) is 14.7 Å². The Morgan fingerprint density at radius 1 is 1.04 bits per heavy atom. The van der Waals surface area contributed by atoms with Crippen molar-refractivity contribution in [1.82, 2.24) is 5.32 Å². The molecule has 1 atom stereocenters. The monoisotopic (exact) mass is 331 g/mol. The number of nitrogens with one attached hydrogen (secondary N) is 1. The summed E-state index contributed by atoms with van der Waals surface area (Å²) >= 11 is 1.36. The Morgan fingerprint density at radius 2 is 1.65 bits per heavy atom. The van der Waals surface area contributed by atoms with E-state index in [1.54, 1.807) is 0 Å². The highest BCUT2D eigenvalue weighted by Gasteiger charge is 2.20. The smallest absolute Gasteiger partial charge is 0.408 e. The first-order chi connectivity index (χ1) is 11.1. The van der Waals surface area contributed by atoms with E-state index in [0.717, 1.165) is 10.5 Å². The first kappa shape index (κ1) is 16.9. The molecule has 2 aromatic rings. The third kappa shape index (κ3) is 6.04. The van der Waals surface area contributed by atoms with Crippen LogP contribution in [0.15, 0.2) is 65.6 Å². The normalized spacial score (nSPS) is 11.5. The van der Waals surface area contributed by atoms with Crippen molar-refractivity contribution in [3.63, 3.8) is 0 Å². The summed E-state index contributed by atoms with van der Waals surface area (Å²) in [4.78, 5) is 23.9. The van der Waals surface area contributed by atoms with Gasteiger partial charge in [-0.25, -0.2) is 9.59 Å². The predicted molar refractivity (Wildman–Crippen MR) is 88.4 cm³/mol. The second kappa shape index (κ2) is 8.85. The fourth-order valence-electron chi connectivity index (χ4n) is 1.78. The van der Waals surface area contributed by atoms with Crippen molar-refractivity contribution < 1.29 is 19.4 Å². The maximum atomic E-state index is 11.7. The summed E-state index contributed by atoms with van der Waals surface area (Å²) in [5.74, 6) is -0.870. The third-order valence-electron chi connectivity index (χ3n) is 2.96. The molecule has 0 aliphatic carbocycles. The predicted octanol–water partition coefficient (Wildman–Crippen LogP) is 3.16. The summed E-state index contributed by atoms with van der Waals surface area (Å²) < 4.78 is 5.04. The molecule has 2 N–H and O–H groups in total. The molecule has 0 heterocycles. The van der Waals surface area contributed by atoms with Gasteiger partial charge in [-0.1, -0.05) is 48.5 Å². The van der Waals surface area contributed by atoms with Crippen molar-refractivity contribution in [3.8, 4) is 0 Å². The number of amides is 1.